The molecule has 0 saturated heterocycles. The molecule has 17 heavy (non-hydrogen) atoms. The highest BCUT2D eigenvalue weighted by molar-refractivity contribution is 6.07. The molecule has 4 heteroatoms. The van der Waals surface area contributed by atoms with Gasteiger partial charge >= 0.3 is 0 Å². The summed E-state index contributed by atoms with van der Waals surface area (Å²) >= 11 is 0. The maximum Gasteiger partial charge on any atom is 0.251 e. The SMILES string of the molecule is CCC1=NN(CCC(C)C)C(=O)C1CCCN. The first-order valence-corrected chi connectivity index (χ1v) is 6.69. The van der Waals surface area contributed by atoms with E-state index in [1.54, 1.807) is 5.01 Å². The second-order valence-electron chi connectivity index (χ2n) is 5.07. The van der Waals surface area contributed by atoms with E-state index in [1.807, 2.05) is 0 Å². The van der Waals surface area contributed by atoms with Crippen molar-refractivity contribution < 1.29 is 4.79 Å². The van der Waals surface area contributed by atoms with Gasteiger partial charge < -0.3 is 5.73 Å². The van der Waals surface area contributed by atoms with Crippen LogP contribution < -0.4 is 5.73 Å². The van der Waals surface area contributed by atoms with E-state index in [0.29, 0.717) is 12.5 Å². The third-order valence-corrected chi connectivity index (χ3v) is 3.18. The smallest absolute Gasteiger partial charge is 0.251 e. The maximum absolute atomic E-state index is 12.2. The van der Waals surface area contributed by atoms with Crippen LogP contribution in [0.1, 0.15) is 46.5 Å². The summed E-state index contributed by atoms with van der Waals surface area (Å²) < 4.78 is 0. The van der Waals surface area contributed by atoms with Crippen molar-refractivity contribution in [3.05, 3.63) is 0 Å². The quantitative estimate of drug-likeness (QED) is 0.738. The van der Waals surface area contributed by atoms with E-state index in [1.165, 1.54) is 0 Å². The monoisotopic (exact) mass is 239 g/mol. The van der Waals surface area contributed by atoms with Crippen LogP contribution in [0.4, 0.5) is 0 Å². The summed E-state index contributed by atoms with van der Waals surface area (Å²) in [6.45, 7) is 7.78. The predicted octanol–water partition coefficient (Wildman–Crippen LogP) is 2.00. The van der Waals surface area contributed by atoms with Gasteiger partial charge in [0.05, 0.1) is 11.6 Å². The van der Waals surface area contributed by atoms with Crippen LogP contribution in [-0.2, 0) is 4.79 Å². The number of rotatable bonds is 7. The highest BCUT2D eigenvalue weighted by Gasteiger charge is 2.33. The van der Waals surface area contributed by atoms with Crippen LogP contribution in [0.3, 0.4) is 0 Å². The highest BCUT2D eigenvalue weighted by atomic mass is 16.2. The Hall–Kier alpha value is -0.900. The molecule has 0 aromatic rings. The van der Waals surface area contributed by atoms with Crippen molar-refractivity contribution >= 4 is 11.6 Å². The van der Waals surface area contributed by atoms with E-state index >= 15 is 0 Å². The van der Waals surface area contributed by atoms with E-state index in [-0.39, 0.29) is 11.8 Å². The largest absolute Gasteiger partial charge is 0.330 e. The number of hydrogen-bond acceptors (Lipinski definition) is 3. The number of carbonyl (C=O) groups is 1. The predicted molar refractivity (Wildman–Crippen MR) is 70.7 cm³/mol. The van der Waals surface area contributed by atoms with E-state index in [2.05, 4.69) is 25.9 Å². The molecule has 2 N–H and O–H groups in total. The molecule has 1 amide bonds. The molecule has 0 aliphatic carbocycles. The second kappa shape index (κ2) is 6.74. The van der Waals surface area contributed by atoms with Crippen molar-refractivity contribution in [1.29, 1.82) is 0 Å². The lowest BCUT2D eigenvalue weighted by Gasteiger charge is -2.15. The molecular formula is C13H25N3O. The van der Waals surface area contributed by atoms with Crippen LogP contribution in [0, 0.1) is 11.8 Å². The van der Waals surface area contributed by atoms with Gasteiger partial charge in [-0.05, 0) is 38.1 Å². The van der Waals surface area contributed by atoms with Crippen LogP contribution in [-0.4, -0.2) is 29.7 Å². The van der Waals surface area contributed by atoms with Gasteiger partial charge in [-0.3, -0.25) is 4.79 Å². The lowest BCUT2D eigenvalue weighted by Crippen LogP contribution is -2.29. The Kier molecular flexibility index (Phi) is 5.62. The van der Waals surface area contributed by atoms with Gasteiger partial charge in [0.25, 0.3) is 5.91 Å². The van der Waals surface area contributed by atoms with Gasteiger partial charge in [0, 0.05) is 6.54 Å². The lowest BCUT2D eigenvalue weighted by atomic mass is 9.96. The molecule has 4 nitrogen and oxygen atoms in total. The van der Waals surface area contributed by atoms with Crippen LogP contribution >= 0.6 is 0 Å². The third-order valence-electron chi connectivity index (χ3n) is 3.18. The Morgan fingerprint density at radius 2 is 2.18 bits per heavy atom. The van der Waals surface area contributed by atoms with E-state index in [0.717, 1.165) is 37.9 Å². The molecule has 1 aliphatic heterocycles. The first kappa shape index (κ1) is 14.2. The number of hydrazone groups is 1. The summed E-state index contributed by atoms with van der Waals surface area (Å²) in [6.07, 6.45) is 3.61. The molecule has 1 aliphatic rings. The average molecular weight is 239 g/mol. The molecule has 0 saturated carbocycles. The maximum atomic E-state index is 12.2. The number of nitrogens with two attached hydrogens (primary N) is 1. The summed E-state index contributed by atoms with van der Waals surface area (Å²) in [6, 6.07) is 0. The molecule has 0 spiro atoms. The topological polar surface area (TPSA) is 58.7 Å². The van der Waals surface area contributed by atoms with Gasteiger partial charge in [-0.1, -0.05) is 20.8 Å². The molecule has 0 aromatic heterocycles. The minimum absolute atomic E-state index is 0.00397. The molecule has 0 radical (unpaired) electrons. The minimum Gasteiger partial charge on any atom is -0.330 e. The van der Waals surface area contributed by atoms with Crippen molar-refractivity contribution in [2.45, 2.75) is 46.5 Å². The molecule has 1 heterocycles. The normalized spacial score (nSPS) is 20.3. The Morgan fingerprint density at radius 1 is 1.47 bits per heavy atom. The number of hydrogen-bond donors (Lipinski definition) is 1. The lowest BCUT2D eigenvalue weighted by molar-refractivity contribution is -0.132. The van der Waals surface area contributed by atoms with Gasteiger partial charge in [-0.2, -0.15) is 5.10 Å². The summed E-state index contributed by atoms with van der Waals surface area (Å²) in [4.78, 5) is 12.2. The van der Waals surface area contributed by atoms with E-state index < -0.39 is 0 Å². The number of nitrogens with zero attached hydrogens (tertiary/aromatic N) is 2. The van der Waals surface area contributed by atoms with Gasteiger partial charge in [0.15, 0.2) is 0 Å². The van der Waals surface area contributed by atoms with Crippen molar-refractivity contribution in [1.82, 2.24) is 5.01 Å². The highest BCUT2D eigenvalue weighted by Crippen LogP contribution is 2.22. The van der Waals surface area contributed by atoms with Gasteiger partial charge in [0.2, 0.25) is 0 Å². The van der Waals surface area contributed by atoms with Crippen LogP contribution in [0.2, 0.25) is 0 Å². The first-order chi connectivity index (χ1) is 8.10. The molecule has 0 fully saturated rings. The Bertz CT molecular complexity index is 286. The zero-order chi connectivity index (χ0) is 12.8. The summed E-state index contributed by atoms with van der Waals surface area (Å²) in [5.41, 5.74) is 6.54. The van der Waals surface area contributed by atoms with Crippen molar-refractivity contribution in [3.8, 4) is 0 Å². The fourth-order valence-corrected chi connectivity index (χ4v) is 2.07. The third kappa shape index (κ3) is 3.80. The molecule has 1 atom stereocenters. The second-order valence-corrected chi connectivity index (χ2v) is 5.07. The molecule has 1 unspecified atom stereocenters. The van der Waals surface area contributed by atoms with Gasteiger partial charge in [0.1, 0.15) is 0 Å². The first-order valence-electron chi connectivity index (χ1n) is 6.69. The molecule has 0 bridgehead atoms. The fraction of sp³-hybridized carbons (Fsp3) is 0.846. The van der Waals surface area contributed by atoms with Gasteiger partial charge in [-0.15, -0.1) is 0 Å². The number of carbonyl (C=O) groups excluding carboxylic acids is 1. The Morgan fingerprint density at radius 3 is 2.71 bits per heavy atom. The Balaban J connectivity index is 2.58. The van der Waals surface area contributed by atoms with E-state index in [9.17, 15) is 4.79 Å². The number of amides is 1. The van der Waals surface area contributed by atoms with Crippen LogP contribution in [0.5, 0.6) is 0 Å². The summed E-state index contributed by atoms with van der Waals surface area (Å²) in [5, 5.41) is 6.12. The van der Waals surface area contributed by atoms with Crippen LogP contribution in [0.25, 0.3) is 0 Å². The van der Waals surface area contributed by atoms with Crippen molar-refractivity contribution in [3.63, 3.8) is 0 Å². The molecule has 98 valence electrons. The Labute approximate surface area is 104 Å². The average Bonchev–Trinajstić information content (AvgIpc) is 2.60. The summed E-state index contributed by atoms with van der Waals surface area (Å²) in [7, 11) is 0. The zero-order valence-electron chi connectivity index (χ0n) is 11.3. The van der Waals surface area contributed by atoms with Crippen molar-refractivity contribution in [2.24, 2.45) is 22.7 Å². The zero-order valence-corrected chi connectivity index (χ0v) is 11.3. The summed E-state index contributed by atoms with van der Waals surface area (Å²) in [5.74, 6) is 0.776. The van der Waals surface area contributed by atoms with Gasteiger partial charge in [-0.25, -0.2) is 5.01 Å². The van der Waals surface area contributed by atoms with Crippen LogP contribution in [0.15, 0.2) is 5.10 Å². The molecule has 1 rings (SSSR count). The molecular weight excluding hydrogens is 214 g/mol. The van der Waals surface area contributed by atoms with E-state index in [4.69, 9.17) is 5.73 Å². The van der Waals surface area contributed by atoms with Crippen molar-refractivity contribution in [2.75, 3.05) is 13.1 Å². The minimum atomic E-state index is -0.00397. The fourth-order valence-electron chi connectivity index (χ4n) is 2.07. The molecule has 0 aromatic carbocycles. The standard InChI is InChI=1S/C13H25N3O/c1-4-12-11(6-5-8-14)13(17)16(15-12)9-7-10(2)3/h10-11H,4-9,14H2,1-3H3.